The van der Waals surface area contributed by atoms with E-state index < -0.39 is 0 Å². The quantitative estimate of drug-likeness (QED) is 0.674. The average molecular weight is 258 g/mol. The Labute approximate surface area is 110 Å². The number of H-pyrrole nitrogens is 1. The summed E-state index contributed by atoms with van der Waals surface area (Å²) >= 11 is 0. The number of benzene rings is 1. The maximum absolute atomic E-state index is 11.9. The van der Waals surface area contributed by atoms with Crippen LogP contribution in [-0.2, 0) is 4.74 Å². The lowest BCUT2D eigenvalue weighted by atomic mass is 10.1. The number of hydrogen-bond acceptors (Lipinski definition) is 4. The molecule has 0 unspecified atom stereocenters. The summed E-state index contributed by atoms with van der Waals surface area (Å²) in [5, 5.41) is 1.42. The van der Waals surface area contributed by atoms with Gasteiger partial charge in [-0.3, -0.25) is 9.79 Å². The van der Waals surface area contributed by atoms with Crippen molar-refractivity contribution in [2.24, 2.45) is 4.99 Å². The van der Waals surface area contributed by atoms with Crippen LogP contribution < -0.4 is 10.3 Å². The van der Waals surface area contributed by atoms with Gasteiger partial charge >= 0.3 is 0 Å². The normalized spacial score (nSPS) is 11.5. The van der Waals surface area contributed by atoms with Crippen molar-refractivity contribution in [3.8, 4) is 5.75 Å². The maximum Gasteiger partial charge on any atom is 0.256 e. The summed E-state index contributed by atoms with van der Waals surface area (Å²) in [5.74, 6) is 0.709. The van der Waals surface area contributed by atoms with Crippen molar-refractivity contribution in [3.05, 3.63) is 52.8 Å². The van der Waals surface area contributed by atoms with Gasteiger partial charge in [-0.05, 0) is 29.7 Å². The molecule has 1 aromatic heterocycles. The van der Waals surface area contributed by atoms with Gasteiger partial charge in [-0.1, -0.05) is 0 Å². The van der Waals surface area contributed by atoms with Gasteiger partial charge in [0.1, 0.15) is 12.0 Å². The molecule has 0 radical (unpaired) electrons. The first-order chi connectivity index (χ1) is 9.24. The van der Waals surface area contributed by atoms with E-state index in [9.17, 15) is 4.79 Å². The van der Waals surface area contributed by atoms with E-state index in [0.29, 0.717) is 16.8 Å². The van der Waals surface area contributed by atoms with Gasteiger partial charge in [0.05, 0.1) is 32.3 Å². The number of aliphatic imine (C=N–C) groups is 1. The number of rotatable bonds is 4. The monoisotopic (exact) mass is 258 g/mol. The Hall–Kier alpha value is -2.56. The Morgan fingerprint density at radius 3 is 2.84 bits per heavy atom. The van der Waals surface area contributed by atoms with E-state index in [0.717, 1.165) is 5.39 Å². The maximum atomic E-state index is 11.9. The van der Waals surface area contributed by atoms with Crippen LogP contribution in [0.2, 0.25) is 0 Å². The van der Waals surface area contributed by atoms with Crippen molar-refractivity contribution in [3.63, 3.8) is 0 Å². The zero-order valence-electron chi connectivity index (χ0n) is 10.7. The largest absolute Gasteiger partial charge is 0.503 e. The molecule has 0 aliphatic rings. The Bertz CT molecular complexity index is 687. The molecule has 0 amide bonds. The Morgan fingerprint density at radius 2 is 2.11 bits per heavy atom. The van der Waals surface area contributed by atoms with Gasteiger partial charge in [-0.2, -0.15) is 0 Å². The van der Waals surface area contributed by atoms with Crippen molar-refractivity contribution < 1.29 is 9.47 Å². The van der Waals surface area contributed by atoms with Gasteiger partial charge in [0.25, 0.3) is 5.56 Å². The predicted octanol–water partition coefficient (Wildman–Crippen LogP) is 2.07. The van der Waals surface area contributed by atoms with E-state index in [1.807, 2.05) is 12.1 Å². The smallest absolute Gasteiger partial charge is 0.256 e. The molecule has 1 aromatic carbocycles. The number of nitrogens with one attached hydrogen (secondary N) is 1. The number of aromatic amines is 1. The molecule has 1 heterocycles. The van der Waals surface area contributed by atoms with Crippen molar-refractivity contribution in [2.45, 2.75) is 0 Å². The molecular formula is C14H14N2O3. The van der Waals surface area contributed by atoms with E-state index in [1.165, 1.54) is 19.6 Å². The zero-order chi connectivity index (χ0) is 13.7. The molecule has 0 aliphatic carbocycles. The minimum Gasteiger partial charge on any atom is -0.503 e. The van der Waals surface area contributed by atoms with Crippen LogP contribution in [0, 0.1) is 0 Å². The third-order valence-corrected chi connectivity index (χ3v) is 2.57. The summed E-state index contributed by atoms with van der Waals surface area (Å²) in [7, 11) is 3.13. The number of fused-ring (bicyclic) bond motifs is 1. The Morgan fingerprint density at radius 1 is 1.26 bits per heavy atom. The van der Waals surface area contributed by atoms with Crippen molar-refractivity contribution in [2.75, 3.05) is 14.2 Å². The molecular weight excluding hydrogens is 244 g/mol. The number of pyridine rings is 1. The SMILES string of the molecule is CO/C=C\N=Cc1cc2cc(OC)ccc2c(=O)[nH]1. The van der Waals surface area contributed by atoms with Gasteiger partial charge in [-0.15, -0.1) is 0 Å². The molecule has 5 nitrogen and oxygen atoms in total. The highest BCUT2D eigenvalue weighted by Gasteiger charge is 2.02. The molecule has 2 aromatic rings. The summed E-state index contributed by atoms with van der Waals surface area (Å²) in [5.41, 5.74) is 0.462. The molecule has 0 saturated heterocycles. The number of ether oxygens (including phenoxy) is 2. The minimum absolute atomic E-state index is 0.155. The van der Waals surface area contributed by atoms with E-state index >= 15 is 0 Å². The Kier molecular flexibility index (Phi) is 3.97. The lowest BCUT2D eigenvalue weighted by Gasteiger charge is -2.02. The lowest BCUT2D eigenvalue weighted by Crippen LogP contribution is -2.08. The zero-order valence-corrected chi connectivity index (χ0v) is 10.7. The van der Waals surface area contributed by atoms with Crippen LogP contribution in [0.4, 0.5) is 0 Å². The third kappa shape index (κ3) is 3.01. The molecule has 0 fully saturated rings. The fourth-order valence-electron chi connectivity index (χ4n) is 1.68. The van der Waals surface area contributed by atoms with Crippen LogP contribution in [0.1, 0.15) is 5.69 Å². The summed E-state index contributed by atoms with van der Waals surface area (Å²) < 4.78 is 9.86. The molecule has 0 atom stereocenters. The van der Waals surface area contributed by atoms with E-state index in [2.05, 4.69) is 9.98 Å². The van der Waals surface area contributed by atoms with Crippen LogP contribution in [0.25, 0.3) is 10.8 Å². The van der Waals surface area contributed by atoms with Crippen molar-refractivity contribution in [1.29, 1.82) is 0 Å². The molecule has 19 heavy (non-hydrogen) atoms. The third-order valence-electron chi connectivity index (χ3n) is 2.57. The van der Waals surface area contributed by atoms with Gasteiger partial charge in [0.2, 0.25) is 0 Å². The number of hydrogen-bond donors (Lipinski definition) is 1. The van der Waals surface area contributed by atoms with E-state index in [-0.39, 0.29) is 5.56 Å². The van der Waals surface area contributed by atoms with Crippen LogP contribution in [0.15, 0.2) is 46.5 Å². The highest BCUT2D eigenvalue weighted by Crippen LogP contribution is 2.18. The topological polar surface area (TPSA) is 63.7 Å². The summed E-state index contributed by atoms with van der Waals surface area (Å²) in [6.45, 7) is 0. The molecule has 0 saturated carbocycles. The second-order valence-corrected chi connectivity index (χ2v) is 3.81. The molecule has 98 valence electrons. The second-order valence-electron chi connectivity index (χ2n) is 3.81. The fraction of sp³-hybridized carbons (Fsp3) is 0.143. The first-order valence-electron chi connectivity index (χ1n) is 5.66. The molecule has 0 bridgehead atoms. The first kappa shape index (κ1) is 12.9. The molecule has 0 aliphatic heterocycles. The average Bonchev–Trinajstić information content (AvgIpc) is 2.43. The summed E-state index contributed by atoms with van der Waals surface area (Å²) in [6, 6.07) is 7.14. The number of methoxy groups -OCH3 is 2. The van der Waals surface area contributed by atoms with Crippen molar-refractivity contribution >= 4 is 17.0 Å². The molecule has 5 heteroatoms. The predicted molar refractivity (Wildman–Crippen MR) is 74.9 cm³/mol. The lowest BCUT2D eigenvalue weighted by molar-refractivity contribution is 0.337. The summed E-state index contributed by atoms with van der Waals surface area (Å²) in [6.07, 6.45) is 4.49. The Balaban J connectivity index is 2.44. The highest BCUT2D eigenvalue weighted by molar-refractivity contribution is 5.88. The summed E-state index contributed by atoms with van der Waals surface area (Å²) in [4.78, 5) is 18.6. The van der Waals surface area contributed by atoms with Gasteiger partial charge < -0.3 is 14.5 Å². The number of aromatic nitrogens is 1. The van der Waals surface area contributed by atoms with Crippen LogP contribution in [0.5, 0.6) is 5.75 Å². The van der Waals surface area contributed by atoms with Crippen LogP contribution in [0.3, 0.4) is 0 Å². The fourth-order valence-corrected chi connectivity index (χ4v) is 1.68. The second kappa shape index (κ2) is 5.86. The van der Waals surface area contributed by atoms with E-state index in [4.69, 9.17) is 9.47 Å². The van der Waals surface area contributed by atoms with Crippen molar-refractivity contribution in [1.82, 2.24) is 4.98 Å². The molecule has 2 rings (SSSR count). The standard InChI is InChI=1S/C14H14N2O3/c1-18-6-5-15-9-11-7-10-8-12(19-2)3-4-13(10)14(17)16-11/h3-9H,1-2H3,(H,16,17)/b6-5-,15-9?. The van der Waals surface area contributed by atoms with Gasteiger partial charge in [0.15, 0.2) is 0 Å². The molecule has 1 N–H and O–H groups in total. The van der Waals surface area contributed by atoms with Crippen LogP contribution in [-0.4, -0.2) is 25.4 Å². The first-order valence-corrected chi connectivity index (χ1v) is 5.66. The minimum atomic E-state index is -0.155. The van der Waals surface area contributed by atoms with Gasteiger partial charge in [0, 0.05) is 5.39 Å². The highest BCUT2D eigenvalue weighted by atomic mass is 16.5. The molecule has 0 spiro atoms. The van der Waals surface area contributed by atoms with Gasteiger partial charge in [-0.25, -0.2) is 0 Å². The van der Waals surface area contributed by atoms with E-state index in [1.54, 1.807) is 25.5 Å². The number of nitrogens with zero attached hydrogens (tertiary/aromatic N) is 1. The van der Waals surface area contributed by atoms with Crippen LogP contribution >= 0.6 is 0 Å².